The fraction of sp³-hybridized carbons (Fsp3) is 0.412. The van der Waals surface area contributed by atoms with E-state index in [0.717, 1.165) is 23.7 Å². The summed E-state index contributed by atoms with van der Waals surface area (Å²) < 4.78 is 0. The quantitative estimate of drug-likeness (QED) is 0.819. The third kappa shape index (κ3) is 3.35. The van der Waals surface area contributed by atoms with E-state index in [1.165, 1.54) is 0 Å². The molecule has 112 valence electrons. The van der Waals surface area contributed by atoms with Crippen LogP contribution >= 0.6 is 11.6 Å². The number of aromatic nitrogens is 1. The number of hydrogen-bond acceptors (Lipinski definition) is 2. The molecular formula is C17H21ClN2O. The summed E-state index contributed by atoms with van der Waals surface area (Å²) in [6.45, 7) is 4.82. The second-order valence-corrected chi connectivity index (χ2v) is 5.67. The van der Waals surface area contributed by atoms with E-state index in [0.29, 0.717) is 18.0 Å². The summed E-state index contributed by atoms with van der Waals surface area (Å²) in [6.07, 6.45) is 3.57. The van der Waals surface area contributed by atoms with Crippen LogP contribution in [0.5, 0.6) is 0 Å². The molecule has 1 N–H and O–H groups in total. The van der Waals surface area contributed by atoms with E-state index >= 15 is 0 Å². The highest BCUT2D eigenvalue weighted by molar-refractivity contribution is 6.18. The number of hydrogen-bond donors (Lipinski definition) is 1. The molecule has 0 saturated carbocycles. The molecule has 2 rings (SSSR count). The Bertz CT molecular complexity index is 609. The van der Waals surface area contributed by atoms with Gasteiger partial charge >= 0.3 is 0 Å². The maximum absolute atomic E-state index is 12.5. The fourth-order valence-electron chi connectivity index (χ4n) is 2.39. The van der Waals surface area contributed by atoms with Crippen LogP contribution < -0.4 is 5.32 Å². The average Bonchev–Trinajstić information content (AvgIpc) is 2.56. The van der Waals surface area contributed by atoms with Crippen molar-refractivity contribution in [3.8, 4) is 0 Å². The largest absolute Gasteiger partial charge is 0.351 e. The highest BCUT2D eigenvalue weighted by Gasteiger charge is 2.26. The van der Waals surface area contributed by atoms with Crippen molar-refractivity contribution in [3.05, 3.63) is 42.1 Å². The third-order valence-electron chi connectivity index (χ3n) is 4.30. The number of nitrogens with one attached hydrogen (secondary N) is 1. The van der Waals surface area contributed by atoms with Crippen molar-refractivity contribution >= 4 is 28.4 Å². The molecule has 0 aliphatic heterocycles. The molecule has 4 heteroatoms. The van der Waals surface area contributed by atoms with Crippen molar-refractivity contribution in [1.29, 1.82) is 0 Å². The zero-order chi connectivity index (χ0) is 15.3. The van der Waals surface area contributed by atoms with Gasteiger partial charge in [0.15, 0.2) is 0 Å². The normalized spacial score (nSPS) is 11.6. The molecule has 3 nitrogen and oxygen atoms in total. The highest BCUT2D eigenvalue weighted by Crippen LogP contribution is 2.27. The minimum atomic E-state index is -0.0648. The molecule has 0 fully saturated rings. The molecule has 0 unspecified atom stereocenters. The van der Waals surface area contributed by atoms with E-state index in [1.807, 2.05) is 24.3 Å². The van der Waals surface area contributed by atoms with Crippen LogP contribution in [0.1, 0.15) is 37.0 Å². The van der Waals surface area contributed by atoms with Crippen LogP contribution in [0.2, 0.25) is 0 Å². The molecule has 1 aromatic heterocycles. The molecule has 0 bridgehead atoms. The maximum Gasteiger partial charge on any atom is 0.252 e. The summed E-state index contributed by atoms with van der Waals surface area (Å²) >= 11 is 6.09. The highest BCUT2D eigenvalue weighted by atomic mass is 35.5. The second kappa shape index (κ2) is 6.90. The predicted octanol–water partition coefficient (Wildman–Crippen LogP) is 4.01. The SMILES string of the molecule is CCC(CC)(CCl)CNC(=O)c1ccnc2ccccc12. The summed E-state index contributed by atoms with van der Waals surface area (Å²) in [6, 6.07) is 9.43. The van der Waals surface area contributed by atoms with Gasteiger partial charge in [0.1, 0.15) is 0 Å². The van der Waals surface area contributed by atoms with Gasteiger partial charge < -0.3 is 5.32 Å². The number of carbonyl (C=O) groups is 1. The smallest absolute Gasteiger partial charge is 0.252 e. The van der Waals surface area contributed by atoms with Crippen LogP contribution in [0.15, 0.2) is 36.5 Å². The minimum absolute atomic E-state index is 0.0277. The van der Waals surface area contributed by atoms with Crippen LogP contribution in [0.3, 0.4) is 0 Å². The van der Waals surface area contributed by atoms with E-state index in [1.54, 1.807) is 12.3 Å². The molecule has 1 aromatic carbocycles. The first-order chi connectivity index (χ1) is 10.2. The Morgan fingerprint density at radius 2 is 1.95 bits per heavy atom. The predicted molar refractivity (Wildman–Crippen MR) is 87.8 cm³/mol. The summed E-state index contributed by atoms with van der Waals surface area (Å²) in [4.78, 5) is 16.8. The lowest BCUT2D eigenvalue weighted by Gasteiger charge is -2.29. The number of alkyl halides is 1. The molecule has 0 aliphatic rings. The molecule has 21 heavy (non-hydrogen) atoms. The topological polar surface area (TPSA) is 42.0 Å². The summed E-state index contributed by atoms with van der Waals surface area (Å²) in [5.41, 5.74) is 1.47. The third-order valence-corrected chi connectivity index (χ3v) is 4.87. The van der Waals surface area contributed by atoms with Gasteiger partial charge in [-0.3, -0.25) is 9.78 Å². The zero-order valence-corrected chi connectivity index (χ0v) is 13.3. The number of fused-ring (bicyclic) bond motifs is 1. The summed E-state index contributed by atoms with van der Waals surface area (Å²) in [5, 5.41) is 3.91. The Morgan fingerprint density at radius 1 is 1.24 bits per heavy atom. The standard InChI is InChI=1S/C17H21ClN2O/c1-3-17(4-2,11-18)12-20-16(21)14-9-10-19-15-8-6-5-7-13(14)15/h5-10H,3-4,11-12H2,1-2H3,(H,20,21). The van der Waals surface area contributed by atoms with E-state index in [2.05, 4.69) is 24.1 Å². The lowest BCUT2D eigenvalue weighted by atomic mass is 9.84. The Labute approximate surface area is 130 Å². The van der Waals surface area contributed by atoms with Crippen LogP contribution in [-0.4, -0.2) is 23.3 Å². The first-order valence-electron chi connectivity index (χ1n) is 7.33. The van der Waals surface area contributed by atoms with Crippen molar-refractivity contribution in [1.82, 2.24) is 10.3 Å². The minimum Gasteiger partial charge on any atom is -0.351 e. The van der Waals surface area contributed by atoms with Gasteiger partial charge in [0.25, 0.3) is 5.91 Å². The number of pyridine rings is 1. The first kappa shape index (κ1) is 15.8. The van der Waals surface area contributed by atoms with E-state index in [9.17, 15) is 4.79 Å². The lowest BCUT2D eigenvalue weighted by molar-refractivity contribution is 0.0933. The molecular weight excluding hydrogens is 284 g/mol. The molecule has 1 heterocycles. The summed E-state index contributed by atoms with van der Waals surface area (Å²) in [5.74, 6) is 0.488. The van der Waals surface area contributed by atoms with Gasteiger partial charge in [-0.2, -0.15) is 0 Å². The number of halogens is 1. The summed E-state index contributed by atoms with van der Waals surface area (Å²) in [7, 11) is 0. The number of nitrogens with zero attached hydrogens (tertiary/aromatic N) is 1. The Hall–Kier alpha value is -1.61. The van der Waals surface area contributed by atoms with Crippen molar-refractivity contribution < 1.29 is 4.79 Å². The Kier molecular flexibility index (Phi) is 5.18. The molecule has 0 atom stereocenters. The molecule has 2 aromatic rings. The molecule has 0 spiro atoms. The fourth-order valence-corrected chi connectivity index (χ4v) is 2.87. The number of amides is 1. The van der Waals surface area contributed by atoms with Gasteiger partial charge in [-0.05, 0) is 25.0 Å². The van der Waals surface area contributed by atoms with Gasteiger partial charge in [-0.15, -0.1) is 11.6 Å². The number of rotatable bonds is 6. The van der Waals surface area contributed by atoms with Gasteiger partial charge in [0.05, 0.1) is 11.1 Å². The van der Waals surface area contributed by atoms with Gasteiger partial charge in [-0.25, -0.2) is 0 Å². The maximum atomic E-state index is 12.5. The first-order valence-corrected chi connectivity index (χ1v) is 7.87. The lowest BCUT2D eigenvalue weighted by Crippen LogP contribution is -2.38. The van der Waals surface area contributed by atoms with Gasteiger partial charge in [-0.1, -0.05) is 32.0 Å². The van der Waals surface area contributed by atoms with Crippen LogP contribution in [0.25, 0.3) is 10.9 Å². The van der Waals surface area contributed by atoms with Gasteiger partial charge in [0, 0.05) is 29.4 Å². The van der Waals surface area contributed by atoms with E-state index < -0.39 is 0 Å². The number of para-hydroxylation sites is 1. The van der Waals surface area contributed by atoms with E-state index in [-0.39, 0.29) is 11.3 Å². The van der Waals surface area contributed by atoms with Crippen molar-refractivity contribution in [2.24, 2.45) is 5.41 Å². The molecule has 1 amide bonds. The second-order valence-electron chi connectivity index (χ2n) is 5.40. The van der Waals surface area contributed by atoms with Crippen LogP contribution in [0, 0.1) is 5.41 Å². The molecule has 0 saturated heterocycles. The molecule has 0 radical (unpaired) electrons. The number of carbonyl (C=O) groups excluding carboxylic acids is 1. The van der Waals surface area contributed by atoms with Crippen LogP contribution in [-0.2, 0) is 0 Å². The Morgan fingerprint density at radius 3 is 2.62 bits per heavy atom. The van der Waals surface area contributed by atoms with Crippen molar-refractivity contribution in [2.45, 2.75) is 26.7 Å². The van der Waals surface area contributed by atoms with Crippen molar-refractivity contribution in [2.75, 3.05) is 12.4 Å². The molecule has 0 aliphatic carbocycles. The Balaban J connectivity index is 2.20. The van der Waals surface area contributed by atoms with E-state index in [4.69, 9.17) is 11.6 Å². The number of benzene rings is 1. The monoisotopic (exact) mass is 304 g/mol. The van der Waals surface area contributed by atoms with Crippen molar-refractivity contribution in [3.63, 3.8) is 0 Å². The zero-order valence-electron chi connectivity index (χ0n) is 12.5. The average molecular weight is 305 g/mol. The van der Waals surface area contributed by atoms with Crippen LogP contribution in [0.4, 0.5) is 0 Å². The van der Waals surface area contributed by atoms with Gasteiger partial charge in [0.2, 0.25) is 0 Å².